The summed E-state index contributed by atoms with van der Waals surface area (Å²) < 4.78 is 28.4. The van der Waals surface area contributed by atoms with Crippen molar-refractivity contribution in [3.63, 3.8) is 0 Å². The molecule has 4 nitrogen and oxygen atoms in total. The van der Waals surface area contributed by atoms with E-state index in [1.165, 1.54) is 24.3 Å². The van der Waals surface area contributed by atoms with Crippen LogP contribution in [0.25, 0.3) is 0 Å². The minimum atomic E-state index is -0.580. The third kappa shape index (κ3) is 4.38. The number of carbonyl (C=O) groups is 2. The molecule has 0 radical (unpaired) electrons. The van der Waals surface area contributed by atoms with Crippen molar-refractivity contribution in [2.45, 2.75) is 25.4 Å². The summed E-state index contributed by atoms with van der Waals surface area (Å²) in [5.74, 6) is -1.38. The summed E-state index contributed by atoms with van der Waals surface area (Å²) in [6.45, 7) is 1.91. The van der Waals surface area contributed by atoms with Crippen LogP contribution in [0.15, 0.2) is 103 Å². The van der Waals surface area contributed by atoms with E-state index in [0.29, 0.717) is 34.5 Å². The molecule has 1 heterocycles. The van der Waals surface area contributed by atoms with Gasteiger partial charge in [-0.2, -0.15) is 0 Å². The van der Waals surface area contributed by atoms with E-state index >= 15 is 0 Å². The van der Waals surface area contributed by atoms with E-state index < -0.39 is 17.7 Å². The van der Waals surface area contributed by atoms with Crippen LogP contribution in [-0.4, -0.2) is 17.9 Å². The van der Waals surface area contributed by atoms with E-state index in [2.05, 4.69) is 0 Å². The molecule has 0 aromatic heterocycles. The van der Waals surface area contributed by atoms with E-state index in [-0.39, 0.29) is 17.9 Å². The van der Waals surface area contributed by atoms with E-state index in [9.17, 15) is 18.4 Å². The van der Waals surface area contributed by atoms with Crippen molar-refractivity contribution in [3.05, 3.63) is 131 Å². The van der Waals surface area contributed by atoms with Gasteiger partial charge in [-0.15, -0.1) is 0 Å². The highest BCUT2D eigenvalue weighted by atomic mass is 19.1. The van der Waals surface area contributed by atoms with Crippen molar-refractivity contribution in [2.75, 3.05) is 9.80 Å². The highest BCUT2D eigenvalue weighted by molar-refractivity contribution is 6.09. The van der Waals surface area contributed by atoms with Gasteiger partial charge in [0.2, 0.25) is 0 Å². The van der Waals surface area contributed by atoms with Gasteiger partial charge in [0, 0.05) is 34.1 Å². The van der Waals surface area contributed by atoms with Crippen LogP contribution < -0.4 is 9.80 Å². The van der Waals surface area contributed by atoms with Gasteiger partial charge >= 0.3 is 0 Å². The molecule has 0 spiro atoms. The van der Waals surface area contributed by atoms with Crippen molar-refractivity contribution >= 4 is 23.2 Å². The zero-order valence-electron chi connectivity index (χ0n) is 19.6. The Balaban J connectivity index is 1.64. The van der Waals surface area contributed by atoms with Gasteiger partial charge in [-0.25, -0.2) is 8.78 Å². The summed E-state index contributed by atoms with van der Waals surface area (Å²) >= 11 is 0. The summed E-state index contributed by atoms with van der Waals surface area (Å²) in [4.78, 5) is 30.6. The van der Waals surface area contributed by atoms with E-state index in [0.717, 1.165) is 0 Å². The minimum Gasteiger partial charge on any atom is -0.305 e. The number of amides is 2. The lowest BCUT2D eigenvalue weighted by atomic mass is 9.89. The second-order valence-corrected chi connectivity index (χ2v) is 8.86. The lowest BCUT2D eigenvalue weighted by Crippen LogP contribution is -2.48. The molecule has 0 unspecified atom stereocenters. The fourth-order valence-electron chi connectivity index (χ4n) is 4.84. The average Bonchev–Trinajstić information content (AvgIpc) is 2.91. The number of carbonyl (C=O) groups excluding carboxylic acids is 2. The summed E-state index contributed by atoms with van der Waals surface area (Å²) in [5.41, 5.74) is 2.53. The molecule has 6 heteroatoms. The van der Waals surface area contributed by atoms with Crippen LogP contribution in [0.2, 0.25) is 0 Å². The molecule has 0 N–H and O–H groups in total. The van der Waals surface area contributed by atoms with Crippen LogP contribution in [0, 0.1) is 11.6 Å². The number of halogens is 2. The fourth-order valence-corrected chi connectivity index (χ4v) is 4.84. The fraction of sp³-hybridized carbons (Fsp3) is 0.133. The smallest absolute Gasteiger partial charge is 0.258 e. The first-order valence-electron chi connectivity index (χ1n) is 11.8. The number of rotatable bonds is 4. The van der Waals surface area contributed by atoms with Crippen LogP contribution >= 0.6 is 0 Å². The molecular formula is C30H24F2N2O2. The van der Waals surface area contributed by atoms with Crippen LogP contribution in [0.1, 0.15) is 45.7 Å². The Labute approximate surface area is 208 Å². The Morgan fingerprint density at radius 1 is 0.778 bits per heavy atom. The molecule has 4 aromatic rings. The molecule has 5 rings (SSSR count). The molecule has 0 saturated carbocycles. The normalized spacial score (nSPS) is 16.8. The number of fused-ring (bicyclic) bond motifs is 1. The summed E-state index contributed by atoms with van der Waals surface area (Å²) in [7, 11) is 0. The molecule has 0 aliphatic carbocycles. The van der Waals surface area contributed by atoms with E-state index in [4.69, 9.17) is 0 Å². The van der Waals surface area contributed by atoms with E-state index in [1.54, 1.807) is 76.5 Å². The van der Waals surface area contributed by atoms with Crippen molar-refractivity contribution in [1.82, 2.24) is 0 Å². The van der Waals surface area contributed by atoms with Crippen molar-refractivity contribution in [2.24, 2.45) is 0 Å². The third-order valence-corrected chi connectivity index (χ3v) is 6.51. The Hall–Kier alpha value is -4.32. The minimum absolute atomic E-state index is 0.197. The first-order valence-corrected chi connectivity index (χ1v) is 11.8. The molecule has 0 saturated heterocycles. The highest BCUT2D eigenvalue weighted by Gasteiger charge is 2.39. The Bertz CT molecular complexity index is 1390. The molecule has 1 aliphatic rings. The maximum atomic E-state index is 14.6. The molecule has 2 amide bonds. The number of hydrogen-bond acceptors (Lipinski definition) is 2. The maximum absolute atomic E-state index is 14.6. The average molecular weight is 483 g/mol. The molecule has 4 aromatic carbocycles. The lowest BCUT2D eigenvalue weighted by Gasteiger charge is -2.43. The molecule has 0 fully saturated rings. The molecule has 180 valence electrons. The third-order valence-electron chi connectivity index (χ3n) is 6.51. The van der Waals surface area contributed by atoms with Crippen molar-refractivity contribution in [1.29, 1.82) is 0 Å². The van der Waals surface area contributed by atoms with Gasteiger partial charge in [-0.3, -0.25) is 9.59 Å². The lowest BCUT2D eigenvalue weighted by molar-refractivity contribution is 0.0965. The molecule has 2 atom stereocenters. The van der Waals surface area contributed by atoms with Gasteiger partial charge in [0.15, 0.2) is 0 Å². The van der Waals surface area contributed by atoms with Crippen LogP contribution in [0.4, 0.5) is 20.2 Å². The topological polar surface area (TPSA) is 40.6 Å². The number of nitrogens with zero attached hydrogens (tertiary/aromatic N) is 2. The van der Waals surface area contributed by atoms with E-state index in [1.807, 2.05) is 19.1 Å². The van der Waals surface area contributed by atoms with Crippen LogP contribution in [0.3, 0.4) is 0 Å². The molecule has 1 aliphatic heterocycles. The quantitative estimate of drug-likeness (QED) is 0.321. The standard InChI is InChI=1S/C30H24F2N2O2/c1-20-18-28(34(25-15-12-23(31)13-16-25)30(36)22-10-6-3-7-11-22)26-19-24(32)14-17-27(26)33(20)29(35)21-8-4-2-5-9-21/h2-17,19-20,28H,18H2,1H3/t20-,28-/m1/s1. The summed E-state index contributed by atoms with van der Waals surface area (Å²) in [6.07, 6.45) is 0.366. The SMILES string of the molecule is C[C@@H]1C[C@@H](N(C(=O)c2ccccc2)c2ccc(F)cc2)c2cc(F)ccc2N1C(=O)c1ccccc1. The molecule has 0 bridgehead atoms. The molecular weight excluding hydrogens is 458 g/mol. The monoisotopic (exact) mass is 482 g/mol. The number of hydrogen-bond donors (Lipinski definition) is 0. The van der Waals surface area contributed by atoms with Gasteiger partial charge in [0.25, 0.3) is 11.8 Å². The van der Waals surface area contributed by atoms with Gasteiger partial charge in [-0.1, -0.05) is 36.4 Å². The maximum Gasteiger partial charge on any atom is 0.258 e. The number of anilines is 2. The van der Waals surface area contributed by atoms with Crippen molar-refractivity contribution in [3.8, 4) is 0 Å². The zero-order chi connectivity index (χ0) is 25.2. The summed E-state index contributed by atoms with van der Waals surface area (Å²) in [6, 6.07) is 26.8. The van der Waals surface area contributed by atoms with Gasteiger partial charge in [0.1, 0.15) is 11.6 Å². The summed E-state index contributed by atoms with van der Waals surface area (Å²) in [5, 5.41) is 0. The predicted octanol–water partition coefficient (Wildman–Crippen LogP) is 6.79. The highest BCUT2D eigenvalue weighted by Crippen LogP contribution is 2.43. The van der Waals surface area contributed by atoms with Gasteiger partial charge < -0.3 is 9.80 Å². The second kappa shape index (κ2) is 9.74. The molecule has 36 heavy (non-hydrogen) atoms. The Kier molecular flexibility index (Phi) is 6.34. The Morgan fingerprint density at radius 3 is 2.00 bits per heavy atom. The Morgan fingerprint density at radius 2 is 1.36 bits per heavy atom. The van der Waals surface area contributed by atoms with Crippen LogP contribution in [-0.2, 0) is 0 Å². The number of benzene rings is 4. The van der Waals surface area contributed by atoms with Gasteiger partial charge in [-0.05, 0) is 80.1 Å². The van der Waals surface area contributed by atoms with Crippen LogP contribution in [0.5, 0.6) is 0 Å². The largest absolute Gasteiger partial charge is 0.305 e. The first-order chi connectivity index (χ1) is 17.4. The first kappa shape index (κ1) is 23.4. The predicted molar refractivity (Wildman–Crippen MR) is 136 cm³/mol. The van der Waals surface area contributed by atoms with Crippen molar-refractivity contribution < 1.29 is 18.4 Å². The van der Waals surface area contributed by atoms with Gasteiger partial charge in [0.05, 0.1) is 6.04 Å². The zero-order valence-corrected chi connectivity index (χ0v) is 19.6. The second-order valence-electron chi connectivity index (χ2n) is 8.86.